The van der Waals surface area contributed by atoms with E-state index >= 15 is 0 Å². The van der Waals surface area contributed by atoms with Gasteiger partial charge < -0.3 is 0 Å². The number of hydrogen-bond donors (Lipinski definition) is 0. The second kappa shape index (κ2) is 9.07. The van der Waals surface area contributed by atoms with Crippen LogP contribution in [-0.4, -0.2) is 12.1 Å². The first kappa shape index (κ1) is 19.7. The first-order chi connectivity index (χ1) is 10.8. The van der Waals surface area contributed by atoms with E-state index in [-0.39, 0.29) is 12.1 Å². The fraction of sp³-hybridized carbons (Fsp3) is 0.650. The molecule has 0 amide bonds. The molecule has 1 atom stereocenters. The normalized spacial score (nSPS) is 12.3. The van der Waals surface area contributed by atoms with E-state index in [0.717, 1.165) is 35.1 Å². The molecule has 1 unspecified atom stereocenters. The summed E-state index contributed by atoms with van der Waals surface area (Å²) in [6.45, 7) is 14.3. The molecule has 0 aliphatic rings. The molecule has 1 aromatic carbocycles. The minimum Gasteiger partial charge on any atom is -0.293 e. The summed E-state index contributed by atoms with van der Waals surface area (Å²) in [5.41, 5.74) is 6.13. The van der Waals surface area contributed by atoms with Crippen molar-refractivity contribution in [3.63, 3.8) is 0 Å². The lowest BCUT2D eigenvalue weighted by Gasteiger charge is -2.18. The molecule has 0 N–H and O–H groups in total. The van der Waals surface area contributed by atoms with Crippen LogP contribution in [0.15, 0.2) is 0 Å². The summed E-state index contributed by atoms with van der Waals surface area (Å²) in [5.74, 6) is -0.383. The van der Waals surface area contributed by atoms with Gasteiger partial charge in [-0.05, 0) is 75.8 Å². The minimum atomic E-state index is -0.383. The van der Waals surface area contributed by atoms with E-state index in [1.54, 1.807) is 0 Å². The lowest BCUT2D eigenvalue weighted by atomic mass is 9.90. The molecule has 0 radical (unpaired) electrons. The van der Waals surface area contributed by atoms with Crippen molar-refractivity contribution >= 4 is 5.97 Å². The van der Waals surface area contributed by atoms with E-state index in [1.807, 2.05) is 34.6 Å². The highest BCUT2D eigenvalue weighted by Gasteiger charge is 2.21. The van der Waals surface area contributed by atoms with Crippen LogP contribution in [-0.2, 0) is 9.78 Å². The van der Waals surface area contributed by atoms with Crippen molar-refractivity contribution in [1.82, 2.24) is 0 Å². The van der Waals surface area contributed by atoms with Crippen molar-refractivity contribution in [2.45, 2.75) is 86.7 Å². The van der Waals surface area contributed by atoms with Crippen LogP contribution in [0.5, 0.6) is 0 Å². The maximum Gasteiger partial charge on any atom is 0.373 e. The van der Waals surface area contributed by atoms with Gasteiger partial charge in [0.1, 0.15) is 6.10 Å². The average molecular weight is 320 g/mol. The van der Waals surface area contributed by atoms with Gasteiger partial charge in [0.05, 0.1) is 5.56 Å². The van der Waals surface area contributed by atoms with Gasteiger partial charge in [-0.2, -0.15) is 4.89 Å². The summed E-state index contributed by atoms with van der Waals surface area (Å²) in [4.78, 5) is 22.9. The molecule has 0 heterocycles. The molecule has 0 aliphatic carbocycles. The van der Waals surface area contributed by atoms with Gasteiger partial charge in [-0.15, -0.1) is 0 Å². The molecule has 0 saturated heterocycles. The Kier molecular flexibility index (Phi) is 7.77. The summed E-state index contributed by atoms with van der Waals surface area (Å²) in [7, 11) is 0. The monoisotopic (exact) mass is 320 g/mol. The first-order valence-electron chi connectivity index (χ1n) is 8.75. The Morgan fingerprint density at radius 1 is 0.870 bits per heavy atom. The Morgan fingerprint density at radius 3 is 1.91 bits per heavy atom. The molecule has 1 aromatic rings. The molecular formula is C20H32O3. The molecule has 0 saturated carbocycles. The predicted molar refractivity (Wildman–Crippen MR) is 94.8 cm³/mol. The van der Waals surface area contributed by atoms with E-state index in [0.29, 0.717) is 5.56 Å². The maximum absolute atomic E-state index is 12.4. The highest BCUT2D eigenvalue weighted by Crippen LogP contribution is 2.26. The van der Waals surface area contributed by atoms with Crippen molar-refractivity contribution < 1.29 is 14.6 Å². The van der Waals surface area contributed by atoms with E-state index in [1.165, 1.54) is 24.8 Å². The van der Waals surface area contributed by atoms with E-state index in [4.69, 9.17) is 9.78 Å². The van der Waals surface area contributed by atoms with Gasteiger partial charge in [0.2, 0.25) is 0 Å². The molecule has 0 aliphatic heterocycles. The van der Waals surface area contributed by atoms with Gasteiger partial charge in [0.15, 0.2) is 0 Å². The Hall–Kier alpha value is -1.35. The second-order valence-electron chi connectivity index (χ2n) is 6.63. The first-order valence-corrected chi connectivity index (χ1v) is 8.75. The second-order valence-corrected chi connectivity index (χ2v) is 6.63. The van der Waals surface area contributed by atoms with Gasteiger partial charge in [-0.3, -0.25) is 4.89 Å². The number of carbonyl (C=O) groups excluding carboxylic acids is 1. The van der Waals surface area contributed by atoms with Crippen molar-refractivity contribution in [1.29, 1.82) is 0 Å². The van der Waals surface area contributed by atoms with Crippen LogP contribution < -0.4 is 0 Å². The zero-order valence-electron chi connectivity index (χ0n) is 15.8. The Balaban J connectivity index is 2.69. The fourth-order valence-corrected chi connectivity index (χ4v) is 2.88. The molecule has 130 valence electrons. The van der Waals surface area contributed by atoms with E-state index < -0.39 is 0 Å². The van der Waals surface area contributed by atoms with Crippen molar-refractivity contribution in [3.05, 3.63) is 33.4 Å². The SMILES string of the molecule is CCCCCCC(C)OOC(=O)c1c(C)c(C)c(C)c(C)c1C. The van der Waals surface area contributed by atoms with Crippen LogP contribution in [0.4, 0.5) is 0 Å². The van der Waals surface area contributed by atoms with Gasteiger partial charge in [-0.25, -0.2) is 4.79 Å². The lowest BCUT2D eigenvalue weighted by Crippen LogP contribution is -2.17. The summed E-state index contributed by atoms with van der Waals surface area (Å²) in [6.07, 6.45) is 5.61. The Labute approximate surface area is 141 Å². The Morgan fingerprint density at radius 2 is 1.39 bits per heavy atom. The highest BCUT2D eigenvalue weighted by molar-refractivity contribution is 5.93. The summed E-state index contributed by atoms with van der Waals surface area (Å²) >= 11 is 0. The zero-order chi connectivity index (χ0) is 17.6. The van der Waals surface area contributed by atoms with Gasteiger partial charge in [0.25, 0.3) is 0 Å². The smallest absolute Gasteiger partial charge is 0.293 e. The number of unbranched alkanes of at least 4 members (excludes halogenated alkanes) is 3. The largest absolute Gasteiger partial charge is 0.373 e. The highest BCUT2D eigenvalue weighted by atomic mass is 17.2. The standard InChI is InChI=1S/C20H32O3/c1-8-9-10-11-12-13(2)22-23-20(21)19-17(6)15(4)14(3)16(5)18(19)7/h13H,8-12H2,1-7H3. The summed E-state index contributed by atoms with van der Waals surface area (Å²) < 4.78 is 0. The van der Waals surface area contributed by atoms with Crippen LogP contribution in [0.25, 0.3) is 0 Å². The molecule has 0 fully saturated rings. The van der Waals surface area contributed by atoms with Crippen molar-refractivity contribution in [2.24, 2.45) is 0 Å². The molecular weight excluding hydrogens is 288 g/mol. The third-order valence-corrected chi connectivity index (χ3v) is 4.96. The number of hydrogen-bond acceptors (Lipinski definition) is 3. The molecule has 0 spiro atoms. The van der Waals surface area contributed by atoms with Gasteiger partial charge >= 0.3 is 5.97 Å². The van der Waals surface area contributed by atoms with Crippen LogP contribution >= 0.6 is 0 Å². The van der Waals surface area contributed by atoms with Crippen molar-refractivity contribution in [2.75, 3.05) is 0 Å². The third kappa shape index (κ3) is 5.07. The average Bonchev–Trinajstić information content (AvgIpc) is 2.53. The van der Waals surface area contributed by atoms with Crippen LogP contribution in [0.1, 0.15) is 84.1 Å². The molecule has 0 bridgehead atoms. The summed E-state index contributed by atoms with van der Waals surface area (Å²) in [6, 6.07) is 0. The van der Waals surface area contributed by atoms with Crippen LogP contribution in [0.3, 0.4) is 0 Å². The third-order valence-electron chi connectivity index (χ3n) is 4.96. The van der Waals surface area contributed by atoms with E-state index in [2.05, 4.69) is 13.8 Å². The van der Waals surface area contributed by atoms with Crippen LogP contribution in [0.2, 0.25) is 0 Å². The minimum absolute atomic E-state index is 0.0657. The molecule has 23 heavy (non-hydrogen) atoms. The topological polar surface area (TPSA) is 35.5 Å². The fourth-order valence-electron chi connectivity index (χ4n) is 2.88. The van der Waals surface area contributed by atoms with Gasteiger partial charge in [0, 0.05) is 0 Å². The number of rotatable bonds is 8. The van der Waals surface area contributed by atoms with Crippen LogP contribution in [0, 0.1) is 34.6 Å². The van der Waals surface area contributed by atoms with Crippen molar-refractivity contribution in [3.8, 4) is 0 Å². The summed E-state index contributed by atoms with van der Waals surface area (Å²) in [5, 5.41) is 0. The molecule has 3 heteroatoms. The number of carbonyl (C=O) groups is 1. The number of benzene rings is 1. The molecule has 0 aromatic heterocycles. The Bertz CT molecular complexity index is 517. The quantitative estimate of drug-likeness (QED) is 0.351. The predicted octanol–water partition coefficient (Wildman–Crippen LogP) is 5.68. The lowest BCUT2D eigenvalue weighted by molar-refractivity contribution is -0.271. The van der Waals surface area contributed by atoms with E-state index in [9.17, 15) is 4.79 Å². The molecule has 1 rings (SSSR count). The molecule has 3 nitrogen and oxygen atoms in total. The van der Waals surface area contributed by atoms with Gasteiger partial charge in [-0.1, -0.05) is 32.6 Å². The maximum atomic E-state index is 12.4. The zero-order valence-corrected chi connectivity index (χ0v) is 15.8.